The first-order valence-electron chi connectivity index (χ1n) is 12.1. The van der Waals surface area contributed by atoms with Crippen LogP contribution in [0.15, 0.2) is 54.6 Å². The summed E-state index contributed by atoms with van der Waals surface area (Å²) in [7, 11) is 0. The van der Waals surface area contributed by atoms with Crippen LogP contribution < -0.4 is 10.2 Å². The number of amides is 1. The molecule has 0 unspecified atom stereocenters. The summed E-state index contributed by atoms with van der Waals surface area (Å²) in [6.07, 6.45) is 1.47. The summed E-state index contributed by atoms with van der Waals surface area (Å²) >= 11 is 0. The average molecular weight is 472 g/mol. The van der Waals surface area contributed by atoms with Crippen molar-refractivity contribution in [2.45, 2.75) is 40.2 Å². The molecular weight excluding hydrogens is 441 g/mol. The Bertz CT molecular complexity index is 1370. The van der Waals surface area contributed by atoms with Crippen molar-refractivity contribution in [3.63, 3.8) is 0 Å². The lowest BCUT2D eigenvalue weighted by atomic mass is 9.95. The van der Waals surface area contributed by atoms with Crippen molar-refractivity contribution in [2.24, 2.45) is 5.92 Å². The van der Waals surface area contributed by atoms with Gasteiger partial charge < -0.3 is 10.2 Å². The summed E-state index contributed by atoms with van der Waals surface area (Å²) in [6, 6.07) is 17.1. The number of nitrogens with zero attached hydrogens (tertiary/aromatic N) is 4. The maximum absolute atomic E-state index is 13.9. The molecule has 2 aromatic carbocycles. The van der Waals surface area contributed by atoms with Gasteiger partial charge in [0.15, 0.2) is 5.65 Å². The Morgan fingerprint density at radius 3 is 2.46 bits per heavy atom. The minimum Gasteiger partial charge on any atom is -0.356 e. The Hall–Kier alpha value is -3.74. The number of aromatic nitrogens is 3. The largest absolute Gasteiger partial charge is 0.356 e. The monoisotopic (exact) mass is 471 g/mol. The number of nitrogens with one attached hydrogen (secondary N) is 1. The van der Waals surface area contributed by atoms with Crippen LogP contribution in [0, 0.1) is 32.5 Å². The first-order chi connectivity index (χ1) is 16.9. The molecule has 1 fully saturated rings. The van der Waals surface area contributed by atoms with Crippen molar-refractivity contribution in [1.29, 1.82) is 0 Å². The highest BCUT2D eigenvalue weighted by atomic mass is 19.1. The third kappa shape index (κ3) is 4.90. The quantitative estimate of drug-likeness (QED) is 0.445. The molecule has 4 aromatic rings. The number of piperidine rings is 1. The van der Waals surface area contributed by atoms with E-state index in [1.165, 1.54) is 17.2 Å². The third-order valence-corrected chi connectivity index (χ3v) is 6.65. The van der Waals surface area contributed by atoms with E-state index in [1.54, 1.807) is 18.2 Å². The smallest absolute Gasteiger partial charge is 0.223 e. The number of fused-ring (bicyclic) bond motifs is 1. The minimum absolute atomic E-state index is 0.0137. The Labute approximate surface area is 204 Å². The van der Waals surface area contributed by atoms with E-state index in [2.05, 4.69) is 48.3 Å². The van der Waals surface area contributed by atoms with Gasteiger partial charge in [-0.2, -0.15) is 9.61 Å². The topological polar surface area (TPSA) is 62.5 Å². The van der Waals surface area contributed by atoms with Crippen LogP contribution in [0.1, 0.15) is 35.2 Å². The fourth-order valence-corrected chi connectivity index (χ4v) is 4.91. The van der Waals surface area contributed by atoms with Crippen LogP contribution in [-0.4, -0.2) is 33.6 Å². The average Bonchev–Trinajstić information content (AvgIpc) is 3.26. The van der Waals surface area contributed by atoms with E-state index < -0.39 is 0 Å². The number of rotatable bonds is 5. The summed E-state index contributed by atoms with van der Waals surface area (Å²) in [5, 5.41) is 7.81. The summed E-state index contributed by atoms with van der Waals surface area (Å²) < 4.78 is 15.8. The second-order valence-electron chi connectivity index (χ2n) is 9.50. The highest BCUT2D eigenvalue weighted by molar-refractivity contribution is 5.79. The summed E-state index contributed by atoms with van der Waals surface area (Å²) in [5.74, 6) is 0.604. The van der Waals surface area contributed by atoms with Gasteiger partial charge in [0.2, 0.25) is 5.91 Å². The van der Waals surface area contributed by atoms with Gasteiger partial charge >= 0.3 is 0 Å². The zero-order valence-corrected chi connectivity index (χ0v) is 20.4. The van der Waals surface area contributed by atoms with Crippen LogP contribution in [0.4, 0.5) is 10.2 Å². The number of benzene rings is 2. The van der Waals surface area contributed by atoms with E-state index in [0.29, 0.717) is 5.56 Å². The molecule has 1 aliphatic rings. The first-order valence-corrected chi connectivity index (χ1v) is 12.1. The van der Waals surface area contributed by atoms with Gasteiger partial charge in [-0.1, -0.05) is 35.4 Å². The van der Waals surface area contributed by atoms with Gasteiger partial charge in [-0.05, 0) is 51.8 Å². The predicted molar refractivity (Wildman–Crippen MR) is 136 cm³/mol. The second kappa shape index (κ2) is 9.49. The number of aryl methyl sites for hydroxylation is 3. The normalized spacial score (nSPS) is 14.5. The van der Waals surface area contributed by atoms with Crippen molar-refractivity contribution < 1.29 is 9.18 Å². The number of carbonyl (C=O) groups is 1. The van der Waals surface area contributed by atoms with Crippen LogP contribution >= 0.6 is 0 Å². The molecule has 6 nitrogen and oxygen atoms in total. The molecule has 0 aliphatic carbocycles. The van der Waals surface area contributed by atoms with Crippen LogP contribution in [0.5, 0.6) is 0 Å². The SMILES string of the molecule is Cc1cc(C)cc(-c2cc3nc(C)cc(N4CCC(C(=O)NCc5ccccc5F)CC4)n3n2)c1. The lowest BCUT2D eigenvalue weighted by molar-refractivity contribution is -0.125. The number of carbonyl (C=O) groups excluding carboxylic acids is 1. The van der Waals surface area contributed by atoms with E-state index in [9.17, 15) is 9.18 Å². The number of anilines is 1. The summed E-state index contributed by atoms with van der Waals surface area (Å²) in [5.41, 5.74) is 6.66. The van der Waals surface area contributed by atoms with Crippen LogP contribution in [0.2, 0.25) is 0 Å². The molecule has 1 amide bonds. The molecular formula is C28H30FN5O. The van der Waals surface area contributed by atoms with Gasteiger partial charge in [0.1, 0.15) is 11.6 Å². The Balaban J connectivity index is 1.31. The van der Waals surface area contributed by atoms with Gasteiger partial charge in [0.05, 0.1) is 5.69 Å². The highest BCUT2D eigenvalue weighted by Crippen LogP contribution is 2.28. The number of hydrogen-bond donors (Lipinski definition) is 1. The summed E-state index contributed by atoms with van der Waals surface area (Å²) in [4.78, 5) is 19.7. The Morgan fingerprint density at radius 1 is 1.03 bits per heavy atom. The minimum atomic E-state index is -0.292. The third-order valence-electron chi connectivity index (χ3n) is 6.65. The highest BCUT2D eigenvalue weighted by Gasteiger charge is 2.27. The van der Waals surface area contributed by atoms with Crippen molar-refractivity contribution in [2.75, 3.05) is 18.0 Å². The van der Waals surface area contributed by atoms with Crippen molar-refractivity contribution in [3.05, 3.63) is 82.8 Å². The molecule has 1 aliphatic heterocycles. The zero-order valence-electron chi connectivity index (χ0n) is 20.4. The second-order valence-corrected chi connectivity index (χ2v) is 9.50. The van der Waals surface area contributed by atoms with E-state index in [-0.39, 0.29) is 24.2 Å². The van der Waals surface area contributed by atoms with E-state index >= 15 is 0 Å². The van der Waals surface area contributed by atoms with E-state index in [4.69, 9.17) is 10.1 Å². The van der Waals surface area contributed by atoms with Gasteiger partial charge in [-0.15, -0.1) is 0 Å². The zero-order chi connectivity index (χ0) is 24.5. The molecule has 3 heterocycles. The van der Waals surface area contributed by atoms with Crippen LogP contribution in [0.25, 0.3) is 16.9 Å². The molecule has 0 spiro atoms. The molecule has 0 saturated carbocycles. The standard InChI is InChI=1S/C28H30FN5O/c1-18-12-19(2)14-23(13-18)25-16-26-31-20(3)15-27(34(26)32-25)33-10-8-21(9-11-33)28(35)30-17-22-6-4-5-7-24(22)29/h4-7,12-16,21H,8-11,17H2,1-3H3,(H,30,35). The maximum atomic E-state index is 13.9. The molecule has 1 saturated heterocycles. The number of halogens is 1. The van der Waals surface area contributed by atoms with Gasteiger partial charge in [0, 0.05) is 54.5 Å². The van der Waals surface area contributed by atoms with Gasteiger partial charge in [-0.3, -0.25) is 4.79 Å². The molecule has 0 atom stereocenters. The lowest BCUT2D eigenvalue weighted by Crippen LogP contribution is -2.41. The molecule has 0 radical (unpaired) electrons. The fraction of sp³-hybridized carbons (Fsp3) is 0.321. The molecule has 2 aromatic heterocycles. The molecule has 7 heteroatoms. The molecule has 35 heavy (non-hydrogen) atoms. The maximum Gasteiger partial charge on any atom is 0.223 e. The fourth-order valence-electron chi connectivity index (χ4n) is 4.91. The Kier molecular flexibility index (Phi) is 6.24. The van der Waals surface area contributed by atoms with Gasteiger partial charge in [0.25, 0.3) is 0 Å². The summed E-state index contributed by atoms with van der Waals surface area (Å²) in [6.45, 7) is 7.89. The molecule has 1 N–H and O–H groups in total. The molecule has 5 rings (SSSR count). The van der Waals surface area contributed by atoms with Crippen LogP contribution in [-0.2, 0) is 11.3 Å². The van der Waals surface area contributed by atoms with Crippen molar-refractivity contribution >= 4 is 17.4 Å². The van der Waals surface area contributed by atoms with E-state index in [1.807, 2.05) is 17.5 Å². The van der Waals surface area contributed by atoms with Crippen molar-refractivity contribution in [3.8, 4) is 11.3 Å². The molecule has 0 bridgehead atoms. The number of hydrogen-bond acceptors (Lipinski definition) is 4. The predicted octanol–water partition coefficient (Wildman–Crippen LogP) is 4.99. The van der Waals surface area contributed by atoms with E-state index in [0.717, 1.165) is 54.3 Å². The molecule has 180 valence electrons. The van der Waals surface area contributed by atoms with Crippen molar-refractivity contribution in [1.82, 2.24) is 19.9 Å². The Morgan fingerprint density at radius 2 is 1.74 bits per heavy atom. The lowest BCUT2D eigenvalue weighted by Gasteiger charge is -2.33. The van der Waals surface area contributed by atoms with Gasteiger partial charge in [-0.25, -0.2) is 9.37 Å². The first kappa shape index (κ1) is 23.0. The van der Waals surface area contributed by atoms with Crippen LogP contribution in [0.3, 0.4) is 0 Å².